The van der Waals surface area contributed by atoms with Gasteiger partial charge in [0.2, 0.25) is 5.91 Å². The second-order valence-electron chi connectivity index (χ2n) is 6.83. The van der Waals surface area contributed by atoms with Crippen LogP contribution in [0.15, 0.2) is 35.8 Å². The van der Waals surface area contributed by atoms with Gasteiger partial charge in [0, 0.05) is 40.4 Å². The fourth-order valence-corrected chi connectivity index (χ4v) is 4.73. The Hall–Kier alpha value is -1.85. The molecule has 0 N–H and O–H groups in total. The summed E-state index contributed by atoms with van der Waals surface area (Å²) in [6.45, 7) is 3.07. The second kappa shape index (κ2) is 7.41. The lowest BCUT2D eigenvalue weighted by atomic mass is 9.99. The van der Waals surface area contributed by atoms with Crippen molar-refractivity contribution in [2.45, 2.75) is 45.1 Å². The predicted molar refractivity (Wildman–Crippen MR) is 107 cm³/mol. The molecule has 0 aliphatic carbocycles. The number of hydrogen-bond donors (Lipinski definition) is 0. The first-order chi connectivity index (χ1) is 12.7. The number of hydrogen-bond acceptors (Lipinski definition) is 3. The van der Waals surface area contributed by atoms with Crippen LogP contribution in [0.25, 0.3) is 16.2 Å². The fraction of sp³-hybridized carbons (Fsp3) is 0.400. The summed E-state index contributed by atoms with van der Waals surface area (Å²) in [5.74, 6) is 0.234. The highest BCUT2D eigenvalue weighted by molar-refractivity contribution is 7.15. The first kappa shape index (κ1) is 17.6. The molecule has 3 heterocycles. The molecule has 1 saturated heterocycles. The van der Waals surface area contributed by atoms with Crippen LogP contribution < -0.4 is 0 Å². The molecule has 1 aliphatic heterocycles. The molecule has 0 bridgehead atoms. The van der Waals surface area contributed by atoms with Gasteiger partial charge < -0.3 is 4.90 Å². The first-order valence-electron chi connectivity index (χ1n) is 9.16. The van der Waals surface area contributed by atoms with Gasteiger partial charge in [-0.15, -0.1) is 11.3 Å². The molecule has 3 aromatic rings. The molecular formula is C20H22ClN3OS. The topological polar surface area (TPSA) is 37.6 Å². The summed E-state index contributed by atoms with van der Waals surface area (Å²) in [5, 5.41) is 2.77. The molecule has 1 atom stereocenters. The van der Waals surface area contributed by atoms with Crippen molar-refractivity contribution in [1.29, 1.82) is 0 Å². The van der Waals surface area contributed by atoms with Gasteiger partial charge in [-0.05, 0) is 37.8 Å². The lowest BCUT2D eigenvalue weighted by Crippen LogP contribution is -2.44. The fourth-order valence-electron chi connectivity index (χ4n) is 3.73. The van der Waals surface area contributed by atoms with Crippen molar-refractivity contribution in [2.75, 3.05) is 6.54 Å². The first-order valence-corrected chi connectivity index (χ1v) is 10.4. The third-order valence-electron chi connectivity index (χ3n) is 5.17. The molecule has 1 amide bonds. The van der Waals surface area contributed by atoms with E-state index in [9.17, 15) is 4.79 Å². The van der Waals surface area contributed by atoms with Crippen molar-refractivity contribution in [3.8, 4) is 11.3 Å². The molecule has 2 aromatic heterocycles. The highest BCUT2D eigenvalue weighted by Crippen LogP contribution is 2.26. The number of carbonyl (C=O) groups excluding carboxylic acids is 1. The molecule has 0 radical (unpaired) electrons. The van der Waals surface area contributed by atoms with Crippen molar-refractivity contribution in [3.63, 3.8) is 0 Å². The maximum Gasteiger partial charge on any atom is 0.228 e. The molecule has 136 valence electrons. The van der Waals surface area contributed by atoms with Gasteiger partial charge in [0.25, 0.3) is 0 Å². The lowest BCUT2D eigenvalue weighted by molar-refractivity contribution is -0.134. The Bertz CT molecular complexity index is 915. The van der Waals surface area contributed by atoms with Gasteiger partial charge in [0.05, 0.1) is 12.1 Å². The van der Waals surface area contributed by atoms with E-state index in [2.05, 4.69) is 21.6 Å². The number of carbonyl (C=O) groups is 1. The molecule has 26 heavy (non-hydrogen) atoms. The molecule has 1 aliphatic rings. The lowest BCUT2D eigenvalue weighted by Gasteiger charge is -2.35. The van der Waals surface area contributed by atoms with E-state index >= 15 is 0 Å². The zero-order valence-electron chi connectivity index (χ0n) is 14.8. The van der Waals surface area contributed by atoms with Crippen molar-refractivity contribution in [2.24, 2.45) is 0 Å². The number of aromatic nitrogens is 2. The minimum atomic E-state index is 0.234. The average molecular weight is 388 g/mol. The Balaban J connectivity index is 1.57. The highest BCUT2D eigenvalue weighted by atomic mass is 35.5. The summed E-state index contributed by atoms with van der Waals surface area (Å²) in [4.78, 5) is 20.6. The minimum Gasteiger partial charge on any atom is -0.339 e. The molecule has 0 unspecified atom stereocenters. The number of halogens is 1. The van der Waals surface area contributed by atoms with Crippen LogP contribution in [-0.4, -0.2) is 32.8 Å². The normalized spacial score (nSPS) is 17.8. The van der Waals surface area contributed by atoms with Crippen molar-refractivity contribution >= 4 is 33.8 Å². The maximum absolute atomic E-state index is 12.9. The van der Waals surface area contributed by atoms with E-state index in [1.807, 2.05) is 30.5 Å². The van der Waals surface area contributed by atoms with Crippen LogP contribution in [0.2, 0.25) is 5.02 Å². The predicted octanol–water partition coefficient (Wildman–Crippen LogP) is 5.05. The van der Waals surface area contributed by atoms with E-state index in [0.717, 1.165) is 47.7 Å². The summed E-state index contributed by atoms with van der Waals surface area (Å²) in [6.07, 6.45) is 6.98. The smallest absolute Gasteiger partial charge is 0.228 e. The van der Waals surface area contributed by atoms with Gasteiger partial charge in [-0.1, -0.05) is 30.7 Å². The number of nitrogens with zero attached hydrogens (tertiary/aromatic N) is 3. The number of imidazole rings is 1. The van der Waals surface area contributed by atoms with Gasteiger partial charge in [-0.25, -0.2) is 4.98 Å². The number of piperidine rings is 1. The van der Waals surface area contributed by atoms with Crippen LogP contribution in [0.3, 0.4) is 0 Å². The standard InChI is InChI=1S/C20H22ClN3OS/c1-2-16-5-3-4-10-23(16)19(25)11-17-13-26-20-22-18(12-24(17)20)14-6-8-15(21)9-7-14/h6-9,12-13,16H,2-5,10-11H2,1H3/t16-/m0/s1. The van der Waals surface area contributed by atoms with Gasteiger partial charge in [0.15, 0.2) is 4.96 Å². The van der Waals surface area contributed by atoms with E-state index < -0.39 is 0 Å². The third-order valence-corrected chi connectivity index (χ3v) is 6.32. The number of thiazole rings is 1. The molecule has 4 nitrogen and oxygen atoms in total. The SMILES string of the molecule is CC[C@H]1CCCCN1C(=O)Cc1csc2nc(-c3ccc(Cl)cc3)cn12. The number of benzene rings is 1. The van der Waals surface area contributed by atoms with E-state index in [-0.39, 0.29) is 5.91 Å². The van der Waals surface area contributed by atoms with Crippen LogP contribution in [-0.2, 0) is 11.2 Å². The van der Waals surface area contributed by atoms with E-state index in [1.54, 1.807) is 11.3 Å². The van der Waals surface area contributed by atoms with Gasteiger partial charge in [-0.3, -0.25) is 9.20 Å². The van der Waals surface area contributed by atoms with Crippen LogP contribution in [0, 0.1) is 0 Å². The molecule has 1 fully saturated rings. The third kappa shape index (κ3) is 3.38. The van der Waals surface area contributed by atoms with Crippen molar-refractivity contribution in [3.05, 3.63) is 46.6 Å². The summed E-state index contributed by atoms with van der Waals surface area (Å²) in [7, 11) is 0. The number of fused-ring (bicyclic) bond motifs is 1. The van der Waals surface area contributed by atoms with Gasteiger partial charge >= 0.3 is 0 Å². The van der Waals surface area contributed by atoms with Gasteiger partial charge in [0.1, 0.15) is 0 Å². The second-order valence-corrected chi connectivity index (χ2v) is 8.11. The Morgan fingerprint density at radius 3 is 2.88 bits per heavy atom. The quantitative estimate of drug-likeness (QED) is 0.628. The minimum absolute atomic E-state index is 0.234. The van der Waals surface area contributed by atoms with Crippen LogP contribution in [0.4, 0.5) is 0 Å². The molecule has 1 aromatic carbocycles. The molecule has 6 heteroatoms. The van der Waals surface area contributed by atoms with Gasteiger partial charge in [-0.2, -0.15) is 0 Å². The zero-order chi connectivity index (χ0) is 18.1. The number of amides is 1. The highest BCUT2D eigenvalue weighted by Gasteiger charge is 2.26. The Kier molecular flexibility index (Phi) is 5.00. The number of likely N-dealkylation sites (tertiary alicyclic amines) is 1. The Morgan fingerprint density at radius 2 is 2.12 bits per heavy atom. The summed E-state index contributed by atoms with van der Waals surface area (Å²) in [5.41, 5.74) is 2.96. The van der Waals surface area contributed by atoms with Crippen molar-refractivity contribution in [1.82, 2.24) is 14.3 Å². The Morgan fingerprint density at radius 1 is 1.31 bits per heavy atom. The summed E-state index contributed by atoms with van der Waals surface area (Å²) in [6, 6.07) is 8.09. The summed E-state index contributed by atoms with van der Waals surface area (Å²) >= 11 is 7.55. The molecular weight excluding hydrogens is 366 g/mol. The zero-order valence-corrected chi connectivity index (χ0v) is 16.4. The average Bonchev–Trinajstić information content (AvgIpc) is 3.24. The summed E-state index contributed by atoms with van der Waals surface area (Å²) < 4.78 is 2.05. The monoisotopic (exact) mass is 387 g/mol. The number of rotatable bonds is 4. The largest absolute Gasteiger partial charge is 0.339 e. The van der Waals surface area contributed by atoms with Crippen LogP contribution in [0.1, 0.15) is 38.3 Å². The Labute approximate surface area is 162 Å². The molecule has 0 saturated carbocycles. The van der Waals surface area contributed by atoms with Crippen LogP contribution in [0.5, 0.6) is 0 Å². The molecule has 0 spiro atoms. The van der Waals surface area contributed by atoms with E-state index in [1.165, 1.54) is 6.42 Å². The van der Waals surface area contributed by atoms with Crippen molar-refractivity contribution < 1.29 is 4.79 Å². The van der Waals surface area contributed by atoms with Crippen LogP contribution >= 0.6 is 22.9 Å². The van der Waals surface area contributed by atoms with E-state index in [4.69, 9.17) is 16.6 Å². The maximum atomic E-state index is 12.9. The van der Waals surface area contributed by atoms with E-state index in [0.29, 0.717) is 17.5 Å². The molecule has 4 rings (SSSR count).